The van der Waals surface area contributed by atoms with Gasteiger partial charge in [0, 0.05) is 25.3 Å². The summed E-state index contributed by atoms with van der Waals surface area (Å²) in [7, 11) is 1.45. The number of amidine groups is 1. The van der Waals surface area contributed by atoms with Crippen molar-refractivity contribution in [1.29, 1.82) is 5.41 Å². The van der Waals surface area contributed by atoms with Crippen LogP contribution in [0.5, 0.6) is 0 Å². The van der Waals surface area contributed by atoms with Gasteiger partial charge in [-0.3, -0.25) is 31.4 Å². The summed E-state index contributed by atoms with van der Waals surface area (Å²) in [6, 6.07) is 28.4. The molecule has 376 valence electrons. The number of nitrogens with two attached hydrogens (primary N) is 2. The lowest BCUT2D eigenvalue weighted by Crippen LogP contribution is -2.46. The van der Waals surface area contributed by atoms with E-state index in [4.69, 9.17) is 35.9 Å². The minimum Gasteiger partial charge on any atom is -0.483 e. The van der Waals surface area contributed by atoms with Crippen LogP contribution >= 0.6 is 0 Å². The van der Waals surface area contributed by atoms with Gasteiger partial charge in [-0.15, -0.1) is 5.10 Å². The van der Waals surface area contributed by atoms with E-state index in [0.717, 1.165) is 55.6 Å². The van der Waals surface area contributed by atoms with Crippen LogP contribution in [0.25, 0.3) is 5.69 Å². The fraction of sp³-hybridized carbons (Fsp3) is 0.500. The molecule has 0 saturated carbocycles. The molecule has 0 bridgehead atoms. The molecule has 3 aromatic carbocycles. The number of nitrogens with one attached hydrogen (secondary N) is 3. The quantitative estimate of drug-likeness (QED) is 0.0382. The molecule has 1 aromatic heterocycles. The molecule has 0 radical (unpaired) electrons. The Balaban J connectivity index is 0.000000211. The first-order chi connectivity index (χ1) is 32.6. The highest BCUT2D eigenvalue weighted by Crippen LogP contribution is 2.31. The summed E-state index contributed by atoms with van der Waals surface area (Å²) in [6.07, 6.45) is 5.83. The number of rotatable bonds is 7. The summed E-state index contributed by atoms with van der Waals surface area (Å²) >= 11 is 0. The van der Waals surface area contributed by atoms with Crippen molar-refractivity contribution in [3.63, 3.8) is 0 Å². The van der Waals surface area contributed by atoms with Gasteiger partial charge in [0.2, 0.25) is 5.90 Å². The van der Waals surface area contributed by atoms with Gasteiger partial charge >= 0.3 is 18.3 Å². The van der Waals surface area contributed by atoms with Crippen LogP contribution in [0, 0.1) is 5.41 Å². The van der Waals surface area contributed by atoms with E-state index in [0.29, 0.717) is 31.3 Å². The largest absolute Gasteiger partial charge is 0.483 e. The van der Waals surface area contributed by atoms with E-state index in [1.807, 2.05) is 153 Å². The zero-order chi connectivity index (χ0) is 50.8. The maximum Gasteiger partial charge on any atom is 0.410 e. The number of ether oxygens (including phenoxy) is 4. The van der Waals surface area contributed by atoms with Crippen LogP contribution in [0.2, 0.25) is 0 Å². The summed E-state index contributed by atoms with van der Waals surface area (Å²) in [4.78, 5) is 45.8. The number of amides is 3. The van der Waals surface area contributed by atoms with Crippen molar-refractivity contribution in [2.45, 2.75) is 136 Å². The Kier molecular flexibility index (Phi) is 20.2. The van der Waals surface area contributed by atoms with E-state index < -0.39 is 16.8 Å². The van der Waals surface area contributed by atoms with Crippen LogP contribution < -0.4 is 22.4 Å². The normalized spacial score (nSPS) is 18.0. The Morgan fingerprint density at radius 1 is 0.652 bits per heavy atom. The number of nitrogen functional groups attached to an aromatic ring is 1. The summed E-state index contributed by atoms with van der Waals surface area (Å²) < 4.78 is 22.8. The molecule has 0 spiro atoms. The van der Waals surface area contributed by atoms with Gasteiger partial charge in [0.1, 0.15) is 35.0 Å². The van der Waals surface area contributed by atoms with E-state index in [9.17, 15) is 14.4 Å². The third-order valence-corrected chi connectivity index (χ3v) is 10.4. The monoisotopic (exact) mass is 955 g/mol. The molecule has 3 aliphatic heterocycles. The lowest BCUT2D eigenvalue weighted by atomic mass is 10.2. The Bertz CT molecular complexity index is 2240. The Morgan fingerprint density at radius 2 is 1.09 bits per heavy atom. The lowest BCUT2D eigenvalue weighted by molar-refractivity contribution is 0.0214. The number of likely N-dealkylation sites (tertiary alicyclic amines) is 3. The van der Waals surface area contributed by atoms with Crippen molar-refractivity contribution >= 4 is 41.4 Å². The zero-order valence-electron chi connectivity index (χ0n) is 42.0. The van der Waals surface area contributed by atoms with Gasteiger partial charge in [-0.25, -0.2) is 24.0 Å². The molecule has 3 amide bonds. The molecule has 4 aromatic rings. The van der Waals surface area contributed by atoms with E-state index in [1.165, 1.54) is 7.11 Å². The number of nitrogens with zero attached hydrogens (tertiary/aromatic N) is 7. The lowest BCUT2D eigenvalue weighted by Gasteiger charge is -2.28. The van der Waals surface area contributed by atoms with E-state index in [2.05, 4.69) is 26.0 Å². The first kappa shape index (κ1) is 54.7. The molecular formula is C50H74N12O7. The highest BCUT2D eigenvalue weighted by Gasteiger charge is 2.37. The van der Waals surface area contributed by atoms with Crippen molar-refractivity contribution in [2.24, 2.45) is 16.7 Å². The average Bonchev–Trinajstić information content (AvgIpc) is 4.15. The Hall–Kier alpha value is -6.89. The van der Waals surface area contributed by atoms with Gasteiger partial charge in [-0.2, -0.15) is 5.10 Å². The molecule has 0 aliphatic carbocycles. The molecular weight excluding hydrogens is 881 g/mol. The molecule has 3 atom stereocenters. The van der Waals surface area contributed by atoms with Gasteiger partial charge in [-0.05, 0) is 137 Å². The summed E-state index contributed by atoms with van der Waals surface area (Å²) in [5.74, 6) is 6.29. The molecule has 0 unspecified atom stereocenters. The molecule has 7 N–H and O–H groups in total. The van der Waals surface area contributed by atoms with Gasteiger partial charge < -0.3 is 30.1 Å². The maximum atomic E-state index is 12.4. The number of aromatic nitrogens is 3. The second-order valence-electron chi connectivity index (χ2n) is 19.5. The highest BCUT2D eigenvalue weighted by atomic mass is 16.6. The number of hydrazine groups is 1. The average molecular weight is 955 g/mol. The molecule has 69 heavy (non-hydrogen) atoms. The van der Waals surface area contributed by atoms with Gasteiger partial charge in [0.05, 0.1) is 30.6 Å². The Morgan fingerprint density at radius 3 is 1.57 bits per heavy atom. The summed E-state index contributed by atoms with van der Waals surface area (Å²) in [5, 5.41) is 16.4. The molecule has 4 heterocycles. The molecule has 3 fully saturated rings. The topological polar surface area (TPSA) is 241 Å². The van der Waals surface area contributed by atoms with Crippen molar-refractivity contribution in [2.75, 3.05) is 37.6 Å². The van der Waals surface area contributed by atoms with Crippen LogP contribution in [0.15, 0.2) is 102 Å². The van der Waals surface area contributed by atoms with Crippen LogP contribution in [0.4, 0.5) is 25.8 Å². The second-order valence-corrected chi connectivity index (χ2v) is 19.5. The van der Waals surface area contributed by atoms with E-state index >= 15 is 0 Å². The molecule has 7 rings (SSSR count). The standard InChI is InChI=1S/C17H22N4O2.C16H24N4O2.C11H20N2O3.C6H8N2/c1-17(2,3)23-16(22)20-11-7-10-14(20)15-18-12-21(19-15)13-8-5-4-6-9-13;1-16(2,3)22-15(21)20-11-7-10-13(20)14(17)19-18-12-8-5-4-6-9-12;1-11(2,3)16-10(14)13-7-5-6-8(13)9(12)15-4;7-8-6-4-2-1-3-5-6/h4-6,8-9,12,14H,7,10-11H2,1-3H3;4-6,8-9,13,18H,7,10-11H2,1-3H3,(H2,17,19);8,12H,5-7H2,1-4H3;1-5,8H,7H2/t14-;13-;8-;/m000./s1. The fourth-order valence-corrected chi connectivity index (χ4v) is 7.29. The van der Waals surface area contributed by atoms with Crippen molar-refractivity contribution < 1.29 is 33.3 Å². The first-order valence-corrected chi connectivity index (χ1v) is 23.3. The number of para-hydroxylation sites is 3. The third kappa shape index (κ3) is 18.3. The second kappa shape index (κ2) is 25.5. The van der Waals surface area contributed by atoms with Gasteiger partial charge in [-0.1, -0.05) is 54.6 Å². The number of anilines is 2. The van der Waals surface area contributed by atoms with E-state index in [-0.39, 0.29) is 42.3 Å². The predicted molar refractivity (Wildman–Crippen MR) is 269 cm³/mol. The van der Waals surface area contributed by atoms with Gasteiger partial charge in [0.25, 0.3) is 0 Å². The van der Waals surface area contributed by atoms with Crippen molar-refractivity contribution in [3.8, 4) is 5.69 Å². The van der Waals surface area contributed by atoms with Crippen LogP contribution in [0.1, 0.15) is 113 Å². The first-order valence-electron chi connectivity index (χ1n) is 23.3. The van der Waals surface area contributed by atoms with Crippen LogP contribution in [-0.2, 0) is 18.9 Å². The predicted octanol–water partition coefficient (Wildman–Crippen LogP) is 9.09. The number of hydrogen-bond acceptors (Lipinski definition) is 14. The smallest absolute Gasteiger partial charge is 0.410 e. The molecule has 19 heteroatoms. The Labute approximate surface area is 407 Å². The number of carbonyl (C=O) groups excluding carboxylic acids is 3. The molecule has 19 nitrogen and oxygen atoms in total. The minimum atomic E-state index is -0.515. The number of carbonyl (C=O) groups is 3. The SMILES string of the molecule is CC(C)(C)OC(=O)N1CCC[C@H]1C(N)=NNc1ccccc1.CC(C)(C)OC(=O)N1CCC[C@H]1c1ncn(-c2ccccc2)n1.COC(=N)[C@@H]1CCCN1C(=O)OC(C)(C)C.NNc1ccccc1. The fourth-order valence-electron chi connectivity index (χ4n) is 7.29. The van der Waals surface area contributed by atoms with Gasteiger partial charge in [0.15, 0.2) is 5.82 Å². The highest BCUT2D eigenvalue weighted by molar-refractivity contribution is 5.90. The number of hydrogen-bond donors (Lipinski definition) is 5. The summed E-state index contributed by atoms with van der Waals surface area (Å²) in [6.45, 7) is 18.6. The van der Waals surface area contributed by atoms with Crippen molar-refractivity contribution in [3.05, 3.63) is 103 Å². The summed E-state index contributed by atoms with van der Waals surface area (Å²) in [5.41, 5.74) is 12.7. The maximum absolute atomic E-state index is 12.4. The molecule has 3 saturated heterocycles. The van der Waals surface area contributed by atoms with Crippen LogP contribution in [0.3, 0.4) is 0 Å². The number of hydrazone groups is 1. The van der Waals surface area contributed by atoms with E-state index in [1.54, 1.807) is 25.7 Å². The minimum absolute atomic E-state index is 0.116. The van der Waals surface area contributed by atoms with Crippen LogP contribution in [-0.4, -0.2) is 115 Å². The number of methoxy groups -OCH3 is 1. The van der Waals surface area contributed by atoms with Crippen molar-refractivity contribution in [1.82, 2.24) is 29.5 Å². The zero-order valence-corrected chi connectivity index (χ0v) is 42.0. The molecule has 3 aliphatic rings. The third-order valence-electron chi connectivity index (χ3n) is 10.4. The number of benzene rings is 3.